The lowest BCUT2D eigenvalue weighted by molar-refractivity contribution is -0.0240. The van der Waals surface area contributed by atoms with E-state index < -0.39 is 0 Å². The summed E-state index contributed by atoms with van der Waals surface area (Å²) in [5.41, 5.74) is -0.0442. The van der Waals surface area contributed by atoms with Crippen LogP contribution in [0, 0.1) is 0 Å². The van der Waals surface area contributed by atoms with Crippen molar-refractivity contribution in [3.8, 4) is 0 Å². The maximum Gasteiger partial charge on any atom is 0.0702 e. The van der Waals surface area contributed by atoms with Crippen molar-refractivity contribution in [2.24, 2.45) is 0 Å². The molecule has 1 saturated heterocycles. The lowest BCUT2D eigenvalue weighted by atomic mass is 9.78. The van der Waals surface area contributed by atoms with Crippen LogP contribution in [0.15, 0.2) is 0 Å². The molecular weight excluding hydrogens is 264 g/mol. The van der Waals surface area contributed by atoms with Crippen LogP contribution in [-0.2, 0) is 4.74 Å². The number of likely N-dealkylation sites (tertiary alicyclic amines) is 1. The van der Waals surface area contributed by atoms with Gasteiger partial charge in [0.05, 0.1) is 12.7 Å². The van der Waals surface area contributed by atoms with E-state index in [9.17, 15) is 5.11 Å². The van der Waals surface area contributed by atoms with Gasteiger partial charge in [-0.25, -0.2) is 0 Å². The van der Waals surface area contributed by atoms with Crippen molar-refractivity contribution in [2.75, 3.05) is 32.8 Å². The summed E-state index contributed by atoms with van der Waals surface area (Å²) in [5.74, 6) is 0. The molecule has 0 bridgehead atoms. The predicted octanol–water partition coefficient (Wildman–Crippen LogP) is 2.16. The summed E-state index contributed by atoms with van der Waals surface area (Å²) in [7, 11) is 0. The Balaban J connectivity index is 1.92. The van der Waals surface area contributed by atoms with Gasteiger partial charge >= 0.3 is 0 Å². The monoisotopic (exact) mass is 298 g/mol. The van der Waals surface area contributed by atoms with Gasteiger partial charge in [-0.3, -0.25) is 4.90 Å². The number of aliphatic hydroxyl groups excluding tert-OH is 1. The number of piperidine rings is 1. The largest absolute Gasteiger partial charge is 0.394 e. The molecule has 1 saturated carbocycles. The first-order chi connectivity index (χ1) is 10.2. The third-order valence-electron chi connectivity index (χ3n) is 5.20. The van der Waals surface area contributed by atoms with E-state index in [0.717, 1.165) is 39.0 Å². The van der Waals surface area contributed by atoms with Crippen molar-refractivity contribution < 1.29 is 9.84 Å². The number of nitrogens with one attached hydrogen (secondary N) is 1. The lowest BCUT2D eigenvalue weighted by Gasteiger charge is -2.46. The average Bonchev–Trinajstić information content (AvgIpc) is 2.54. The molecule has 4 nitrogen and oxygen atoms in total. The maximum atomic E-state index is 9.91. The van der Waals surface area contributed by atoms with Crippen LogP contribution in [0.25, 0.3) is 0 Å². The van der Waals surface area contributed by atoms with E-state index in [1.54, 1.807) is 0 Å². The SMILES string of the molecule is CCCNC1(CO)CCCC(N2CCCC(OCC)C2)C1. The van der Waals surface area contributed by atoms with Gasteiger partial charge in [0.1, 0.15) is 0 Å². The van der Waals surface area contributed by atoms with Gasteiger partial charge in [0.15, 0.2) is 0 Å². The minimum atomic E-state index is -0.0442. The molecule has 0 aromatic heterocycles. The fourth-order valence-corrected chi connectivity index (χ4v) is 4.06. The quantitative estimate of drug-likeness (QED) is 0.756. The van der Waals surface area contributed by atoms with Crippen molar-refractivity contribution in [3.63, 3.8) is 0 Å². The highest BCUT2D eigenvalue weighted by atomic mass is 16.5. The van der Waals surface area contributed by atoms with Gasteiger partial charge in [-0.1, -0.05) is 6.92 Å². The summed E-state index contributed by atoms with van der Waals surface area (Å²) in [6.07, 6.45) is 8.68. The van der Waals surface area contributed by atoms with E-state index >= 15 is 0 Å². The normalized spacial score (nSPS) is 35.0. The summed E-state index contributed by atoms with van der Waals surface area (Å²) in [5, 5.41) is 13.5. The molecule has 2 aliphatic rings. The first-order valence-corrected chi connectivity index (χ1v) is 8.94. The van der Waals surface area contributed by atoms with Crippen molar-refractivity contribution in [1.29, 1.82) is 0 Å². The van der Waals surface area contributed by atoms with Gasteiger partial charge in [0.25, 0.3) is 0 Å². The molecule has 1 aliphatic carbocycles. The Morgan fingerprint density at radius 1 is 1.29 bits per heavy atom. The van der Waals surface area contributed by atoms with Crippen LogP contribution in [0.3, 0.4) is 0 Å². The summed E-state index contributed by atoms with van der Waals surface area (Å²) in [4.78, 5) is 2.63. The van der Waals surface area contributed by atoms with Crippen LogP contribution in [-0.4, -0.2) is 60.5 Å². The van der Waals surface area contributed by atoms with Gasteiger partial charge in [-0.05, 0) is 65.0 Å². The molecule has 0 aromatic carbocycles. The number of hydrogen-bond donors (Lipinski definition) is 2. The molecule has 2 N–H and O–H groups in total. The second kappa shape index (κ2) is 8.47. The zero-order valence-electron chi connectivity index (χ0n) is 13.9. The molecule has 2 fully saturated rings. The summed E-state index contributed by atoms with van der Waals surface area (Å²) in [6, 6.07) is 0.610. The molecule has 0 radical (unpaired) electrons. The molecule has 124 valence electrons. The highest BCUT2D eigenvalue weighted by Gasteiger charge is 2.38. The standard InChI is InChI=1S/C17H34N2O2/c1-3-10-18-17(14-20)9-5-7-15(12-17)19-11-6-8-16(13-19)21-4-2/h15-16,18,20H,3-14H2,1-2H3. The molecular formula is C17H34N2O2. The van der Waals surface area contributed by atoms with E-state index in [2.05, 4.69) is 24.1 Å². The molecule has 0 spiro atoms. The van der Waals surface area contributed by atoms with Crippen LogP contribution in [0.4, 0.5) is 0 Å². The molecule has 2 rings (SSSR count). The Kier molecular flexibility index (Phi) is 6.93. The first-order valence-electron chi connectivity index (χ1n) is 8.94. The van der Waals surface area contributed by atoms with E-state index in [-0.39, 0.29) is 12.1 Å². The van der Waals surface area contributed by atoms with Crippen LogP contribution in [0.1, 0.15) is 58.8 Å². The molecule has 0 amide bonds. The Hall–Kier alpha value is -0.160. The molecule has 0 aromatic rings. The molecule has 1 heterocycles. The highest BCUT2D eigenvalue weighted by Crippen LogP contribution is 2.32. The molecule has 4 heteroatoms. The maximum absolute atomic E-state index is 9.91. The van der Waals surface area contributed by atoms with Gasteiger partial charge < -0.3 is 15.2 Å². The van der Waals surface area contributed by atoms with Gasteiger partial charge in [-0.15, -0.1) is 0 Å². The van der Waals surface area contributed by atoms with Crippen molar-refractivity contribution in [1.82, 2.24) is 10.2 Å². The van der Waals surface area contributed by atoms with Crippen molar-refractivity contribution in [2.45, 2.75) is 76.5 Å². The summed E-state index contributed by atoms with van der Waals surface area (Å²) >= 11 is 0. The Labute approximate surface area is 130 Å². The zero-order valence-corrected chi connectivity index (χ0v) is 13.9. The number of rotatable bonds is 7. The Morgan fingerprint density at radius 3 is 2.86 bits per heavy atom. The number of aliphatic hydroxyl groups is 1. The van der Waals surface area contributed by atoms with Gasteiger partial charge in [0.2, 0.25) is 0 Å². The smallest absolute Gasteiger partial charge is 0.0702 e. The lowest BCUT2D eigenvalue weighted by Crippen LogP contribution is -2.57. The number of ether oxygens (including phenoxy) is 1. The van der Waals surface area contributed by atoms with E-state index in [1.165, 1.54) is 32.2 Å². The molecule has 3 unspecified atom stereocenters. The molecule has 1 aliphatic heterocycles. The summed E-state index contributed by atoms with van der Waals surface area (Å²) in [6.45, 7) is 8.65. The van der Waals surface area contributed by atoms with Gasteiger partial charge in [0, 0.05) is 24.7 Å². The van der Waals surface area contributed by atoms with E-state index in [4.69, 9.17) is 4.74 Å². The fourth-order valence-electron chi connectivity index (χ4n) is 4.06. The van der Waals surface area contributed by atoms with Crippen LogP contribution >= 0.6 is 0 Å². The van der Waals surface area contributed by atoms with Crippen molar-refractivity contribution >= 4 is 0 Å². The second-order valence-corrected chi connectivity index (χ2v) is 6.83. The summed E-state index contributed by atoms with van der Waals surface area (Å²) < 4.78 is 5.84. The van der Waals surface area contributed by atoms with E-state index in [1.807, 2.05) is 0 Å². The Morgan fingerprint density at radius 2 is 2.14 bits per heavy atom. The third kappa shape index (κ3) is 4.65. The van der Waals surface area contributed by atoms with Gasteiger partial charge in [-0.2, -0.15) is 0 Å². The van der Waals surface area contributed by atoms with Crippen molar-refractivity contribution in [3.05, 3.63) is 0 Å². The average molecular weight is 298 g/mol. The minimum absolute atomic E-state index is 0.0442. The number of hydrogen-bond acceptors (Lipinski definition) is 4. The molecule has 21 heavy (non-hydrogen) atoms. The minimum Gasteiger partial charge on any atom is -0.394 e. The predicted molar refractivity (Wildman–Crippen MR) is 86.6 cm³/mol. The first kappa shape index (κ1) is 17.2. The highest BCUT2D eigenvalue weighted by molar-refractivity contribution is 4.97. The van der Waals surface area contributed by atoms with Crippen LogP contribution < -0.4 is 5.32 Å². The topological polar surface area (TPSA) is 44.7 Å². The Bertz CT molecular complexity index is 299. The number of nitrogens with zero attached hydrogens (tertiary/aromatic N) is 1. The van der Waals surface area contributed by atoms with Crippen LogP contribution in [0.5, 0.6) is 0 Å². The van der Waals surface area contributed by atoms with E-state index in [0.29, 0.717) is 12.1 Å². The zero-order chi connectivity index (χ0) is 15.1. The van der Waals surface area contributed by atoms with Crippen LogP contribution in [0.2, 0.25) is 0 Å². The second-order valence-electron chi connectivity index (χ2n) is 6.83. The molecule has 3 atom stereocenters. The third-order valence-corrected chi connectivity index (χ3v) is 5.20. The fraction of sp³-hybridized carbons (Fsp3) is 1.00.